The van der Waals surface area contributed by atoms with Gasteiger partial charge >= 0.3 is 0 Å². The summed E-state index contributed by atoms with van der Waals surface area (Å²) >= 11 is 0. The Morgan fingerprint density at radius 3 is 2.85 bits per heavy atom. The van der Waals surface area contributed by atoms with Crippen LogP contribution in [-0.2, 0) is 27.9 Å². The van der Waals surface area contributed by atoms with Crippen LogP contribution in [0.3, 0.4) is 0 Å². The van der Waals surface area contributed by atoms with Crippen molar-refractivity contribution in [3.05, 3.63) is 47.5 Å². The molecule has 2 fully saturated rings. The van der Waals surface area contributed by atoms with Gasteiger partial charge in [0.05, 0.1) is 11.7 Å². The number of aromatic nitrogens is 3. The van der Waals surface area contributed by atoms with Crippen LogP contribution in [0.5, 0.6) is 0 Å². The molecule has 8 nitrogen and oxygen atoms in total. The number of carbonyl (C=O) groups excluding carboxylic acids is 2. The maximum absolute atomic E-state index is 12.9. The first-order valence-corrected chi connectivity index (χ1v) is 9.14. The minimum atomic E-state index is -0.760. The van der Waals surface area contributed by atoms with E-state index in [4.69, 9.17) is 4.74 Å². The van der Waals surface area contributed by atoms with Crippen LogP contribution >= 0.6 is 0 Å². The number of hydrogen-bond acceptors (Lipinski definition) is 5. The van der Waals surface area contributed by atoms with E-state index in [0.29, 0.717) is 6.54 Å². The number of nitrogens with zero attached hydrogens (tertiary/aromatic N) is 4. The number of ether oxygens (including phenoxy) is 1. The SMILES string of the molecule is Cc1nn(C)cc1CNC(=O)[C@H]1OCC(=O)N(C2CC2)[C@@H]1c1cccnc1. The van der Waals surface area contributed by atoms with Gasteiger partial charge in [-0.1, -0.05) is 6.07 Å². The summed E-state index contributed by atoms with van der Waals surface area (Å²) in [5, 5.41) is 7.23. The number of aryl methyl sites for hydroxylation is 2. The molecule has 2 amide bonds. The van der Waals surface area contributed by atoms with E-state index in [-0.39, 0.29) is 24.5 Å². The molecule has 2 aliphatic rings. The molecule has 3 heterocycles. The van der Waals surface area contributed by atoms with E-state index < -0.39 is 12.1 Å². The molecule has 0 aromatic carbocycles. The molecule has 4 rings (SSSR count). The van der Waals surface area contributed by atoms with Gasteiger partial charge in [0.15, 0.2) is 6.10 Å². The van der Waals surface area contributed by atoms with Crippen LogP contribution in [0.2, 0.25) is 0 Å². The fraction of sp³-hybridized carbons (Fsp3) is 0.474. The smallest absolute Gasteiger partial charge is 0.251 e. The predicted octanol–water partition coefficient (Wildman–Crippen LogP) is 0.871. The quantitative estimate of drug-likeness (QED) is 0.845. The summed E-state index contributed by atoms with van der Waals surface area (Å²) in [4.78, 5) is 31.4. The van der Waals surface area contributed by atoms with Gasteiger partial charge in [0.1, 0.15) is 6.61 Å². The molecule has 0 radical (unpaired) electrons. The zero-order valence-corrected chi connectivity index (χ0v) is 15.5. The van der Waals surface area contributed by atoms with Crippen molar-refractivity contribution in [1.82, 2.24) is 25.0 Å². The van der Waals surface area contributed by atoms with Crippen molar-refractivity contribution < 1.29 is 14.3 Å². The van der Waals surface area contributed by atoms with Crippen LogP contribution in [0.15, 0.2) is 30.7 Å². The minimum absolute atomic E-state index is 0.0708. The maximum Gasteiger partial charge on any atom is 0.251 e. The summed E-state index contributed by atoms with van der Waals surface area (Å²) in [6.07, 6.45) is 6.43. The van der Waals surface area contributed by atoms with Gasteiger partial charge in [-0.15, -0.1) is 0 Å². The van der Waals surface area contributed by atoms with E-state index in [0.717, 1.165) is 29.7 Å². The number of morpholine rings is 1. The highest BCUT2D eigenvalue weighted by molar-refractivity contribution is 5.86. The second-order valence-corrected chi connectivity index (χ2v) is 7.13. The van der Waals surface area contributed by atoms with Crippen molar-refractivity contribution in [2.75, 3.05) is 6.61 Å². The van der Waals surface area contributed by atoms with Crippen LogP contribution in [-0.4, -0.2) is 50.2 Å². The normalized spacial score (nSPS) is 22.7. The fourth-order valence-corrected chi connectivity index (χ4v) is 3.62. The number of hydrogen-bond donors (Lipinski definition) is 1. The Bertz CT molecular complexity index is 846. The third-order valence-electron chi connectivity index (χ3n) is 5.05. The summed E-state index contributed by atoms with van der Waals surface area (Å²) in [6.45, 7) is 2.21. The van der Waals surface area contributed by atoms with Gasteiger partial charge < -0.3 is 15.0 Å². The van der Waals surface area contributed by atoms with Gasteiger partial charge in [0.2, 0.25) is 5.91 Å². The van der Waals surface area contributed by atoms with E-state index in [1.165, 1.54) is 0 Å². The molecular formula is C19H23N5O3. The first-order valence-electron chi connectivity index (χ1n) is 9.14. The molecule has 27 heavy (non-hydrogen) atoms. The lowest BCUT2D eigenvalue weighted by Gasteiger charge is -2.40. The summed E-state index contributed by atoms with van der Waals surface area (Å²) in [6, 6.07) is 3.43. The van der Waals surface area contributed by atoms with Crippen molar-refractivity contribution in [3.8, 4) is 0 Å². The summed E-state index contributed by atoms with van der Waals surface area (Å²) in [5.41, 5.74) is 2.64. The molecular weight excluding hydrogens is 346 g/mol. The van der Waals surface area contributed by atoms with Gasteiger partial charge in [-0.25, -0.2) is 0 Å². The number of amides is 2. The van der Waals surface area contributed by atoms with E-state index >= 15 is 0 Å². The largest absolute Gasteiger partial charge is 0.356 e. The molecule has 142 valence electrons. The lowest BCUT2D eigenvalue weighted by Crippen LogP contribution is -2.55. The standard InChI is InChI=1S/C19H23N5O3/c1-12-14(10-23(2)22-12)9-21-19(26)18-17(13-4-3-7-20-8-13)24(15-5-6-15)16(25)11-27-18/h3-4,7-8,10,15,17-18H,5-6,9,11H2,1-2H3,(H,21,26)/t17-,18+/m1/s1. The highest BCUT2D eigenvalue weighted by atomic mass is 16.5. The van der Waals surface area contributed by atoms with Gasteiger partial charge in [0.25, 0.3) is 5.91 Å². The molecule has 2 aromatic heterocycles. The molecule has 1 saturated carbocycles. The zero-order valence-electron chi connectivity index (χ0n) is 15.5. The molecule has 1 N–H and O–H groups in total. The predicted molar refractivity (Wildman–Crippen MR) is 96.4 cm³/mol. The average molecular weight is 369 g/mol. The van der Waals surface area contributed by atoms with Crippen LogP contribution < -0.4 is 5.32 Å². The first kappa shape index (κ1) is 17.7. The molecule has 1 aliphatic heterocycles. The Morgan fingerprint density at radius 2 is 2.22 bits per heavy atom. The van der Waals surface area contributed by atoms with Crippen molar-refractivity contribution in [2.45, 2.75) is 44.5 Å². The van der Waals surface area contributed by atoms with E-state index in [1.807, 2.05) is 37.2 Å². The Kier molecular flexibility index (Phi) is 4.65. The van der Waals surface area contributed by atoms with E-state index in [9.17, 15) is 9.59 Å². The molecule has 2 atom stereocenters. The van der Waals surface area contributed by atoms with Gasteiger partial charge in [0, 0.05) is 43.8 Å². The van der Waals surface area contributed by atoms with Crippen LogP contribution in [0.1, 0.15) is 35.7 Å². The third-order valence-corrected chi connectivity index (χ3v) is 5.05. The Labute approximate surface area is 157 Å². The molecule has 0 bridgehead atoms. The Balaban J connectivity index is 1.56. The Morgan fingerprint density at radius 1 is 1.41 bits per heavy atom. The number of carbonyl (C=O) groups is 2. The number of rotatable bonds is 5. The van der Waals surface area contributed by atoms with Crippen LogP contribution in [0.4, 0.5) is 0 Å². The highest BCUT2D eigenvalue weighted by Crippen LogP contribution is 2.39. The van der Waals surface area contributed by atoms with Gasteiger partial charge in [-0.05, 0) is 31.4 Å². The topological polar surface area (TPSA) is 89.3 Å². The number of nitrogens with one attached hydrogen (secondary N) is 1. The van der Waals surface area contributed by atoms with E-state index in [2.05, 4.69) is 15.4 Å². The monoisotopic (exact) mass is 369 g/mol. The summed E-state index contributed by atoms with van der Waals surface area (Å²) < 4.78 is 7.42. The molecule has 1 saturated heterocycles. The average Bonchev–Trinajstić information content (AvgIpc) is 3.44. The second-order valence-electron chi connectivity index (χ2n) is 7.13. The highest BCUT2D eigenvalue weighted by Gasteiger charge is 2.47. The van der Waals surface area contributed by atoms with Crippen molar-refractivity contribution in [2.24, 2.45) is 7.05 Å². The summed E-state index contributed by atoms with van der Waals surface area (Å²) in [7, 11) is 1.85. The summed E-state index contributed by atoms with van der Waals surface area (Å²) in [5.74, 6) is -0.302. The fourth-order valence-electron chi connectivity index (χ4n) is 3.62. The zero-order chi connectivity index (χ0) is 19.0. The lowest BCUT2D eigenvalue weighted by molar-refractivity contribution is -0.165. The van der Waals surface area contributed by atoms with Gasteiger partial charge in [-0.2, -0.15) is 5.10 Å². The molecule has 0 unspecified atom stereocenters. The number of pyridine rings is 1. The van der Waals surface area contributed by atoms with Gasteiger partial charge in [-0.3, -0.25) is 19.3 Å². The second kappa shape index (κ2) is 7.11. The minimum Gasteiger partial charge on any atom is -0.356 e. The van der Waals surface area contributed by atoms with Crippen molar-refractivity contribution in [1.29, 1.82) is 0 Å². The Hall–Kier alpha value is -2.74. The maximum atomic E-state index is 12.9. The van der Waals surface area contributed by atoms with Crippen molar-refractivity contribution >= 4 is 11.8 Å². The van der Waals surface area contributed by atoms with Crippen molar-refractivity contribution in [3.63, 3.8) is 0 Å². The molecule has 0 spiro atoms. The third kappa shape index (κ3) is 3.57. The molecule has 8 heteroatoms. The van der Waals surface area contributed by atoms with E-state index in [1.54, 1.807) is 17.1 Å². The molecule has 1 aliphatic carbocycles. The van der Waals surface area contributed by atoms with Crippen LogP contribution in [0.25, 0.3) is 0 Å². The first-order chi connectivity index (χ1) is 13.0. The lowest BCUT2D eigenvalue weighted by atomic mass is 9.98. The van der Waals surface area contributed by atoms with Crippen LogP contribution in [0, 0.1) is 6.92 Å². The molecule has 2 aromatic rings.